The molecule has 2 rings (SSSR count). The molecule has 0 aliphatic carbocycles. The highest BCUT2D eigenvalue weighted by atomic mass is 19.1. The zero-order valence-corrected chi connectivity index (χ0v) is 14.3. The second-order valence-electron chi connectivity index (χ2n) is 5.67. The van der Waals surface area contributed by atoms with Crippen LogP contribution in [0.3, 0.4) is 0 Å². The monoisotopic (exact) mass is 357 g/mol. The highest BCUT2D eigenvalue weighted by molar-refractivity contribution is 6.04. The van der Waals surface area contributed by atoms with Crippen molar-refractivity contribution in [1.29, 1.82) is 0 Å². The van der Waals surface area contributed by atoms with Crippen molar-refractivity contribution in [3.8, 4) is 0 Å². The molecule has 0 saturated carbocycles. The van der Waals surface area contributed by atoms with E-state index < -0.39 is 23.5 Å². The fourth-order valence-corrected chi connectivity index (χ4v) is 2.21. The van der Waals surface area contributed by atoms with E-state index in [1.54, 1.807) is 18.2 Å². The quantitative estimate of drug-likeness (QED) is 0.666. The molecule has 136 valence electrons. The van der Waals surface area contributed by atoms with Crippen LogP contribution in [-0.4, -0.2) is 24.3 Å². The number of benzene rings is 2. The van der Waals surface area contributed by atoms with Gasteiger partial charge in [-0.25, -0.2) is 4.39 Å². The van der Waals surface area contributed by atoms with Gasteiger partial charge in [-0.1, -0.05) is 30.3 Å². The minimum atomic E-state index is -0.530. The van der Waals surface area contributed by atoms with E-state index in [2.05, 4.69) is 16.0 Å². The number of hydrogen-bond donors (Lipinski definition) is 3. The second kappa shape index (κ2) is 9.31. The molecule has 0 aromatic heterocycles. The van der Waals surface area contributed by atoms with Gasteiger partial charge in [-0.15, -0.1) is 0 Å². The molecular weight excluding hydrogens is 337 g/mol. The maximum atomic E-state index is 13.4. The number of halogens is 1. The SMILES string of the molecule is Cc1ccccc1NC(=O)CC(=O)NCCC(=O)Nc1ccccc1F. The molecule has 2 aromatic carbocycles. The fourth-order valence-electron chi connectivity index (χ4n) is 2.21. The minimum Gasteiger partial charge on any atom is -0.355 e. The Hall–Kier alpha value is -3.22. The van der Waals surface area contributed by atoms with Crippen molar-refractivity contribution >= 4 is 29.1 Å². The number of anilines is 2. The molecule has 3 amide bonds. The summed E-state index contributed by atoms with van der Waals surface area (Å²) in [6.45, 7) is 1.90. The molecule has 0 atom stereocenters. The normalized spacial score (nSPS) is 10.1. The zero-order chi connectivity index (χ0) is 18.9. The van der Waals surface area contributed by atoms with E-state index in [1.807, 2.05) is 19.1 Å². The lowest BCUT2D eigenvalue weighted by atomic mass is 10.2. The molecule has 0 aliphatic rings. The van der Waals surface area contributed by atoms with Gasteiger partial charge in [0.15, 0.2) is 0 Å². The van der Waals surface area contributed by atoms with Crippen LogP contribution in [0, 0.1) is 12.7 Å². The summed E-state index contributed by atoms with van der Waals surface area (Å²) in [5.74, 6) is -1.89. The first-order valence-electron chi connectivity index (χ1n) is 8.12. The average Bonchev–Trinajstić information content (AvgIpc) is 2.59. The Balaban J connectivity index is 1.70. The van der Waals surface area contributed by atoms with Gasteiger partial charge in [0, 0.05) is 18.7 Å². The molecular formula is C19H20FN3O3. The Morgan fingerprint density at radius 1 is 0.846 bits per heavy atom. The molecule has 2 aromatic rings. The maximum Gasteiger partial charge on any atom is 0.233 e. The van der Waals surface area contributed by atoms with Gasteiger partial charge in [0.2, 0.25) is 17.7 Å². The summed E-state index contributed by atoms with van der Waals surface area (Å²) in [7, 11) is 0. The van der Waals surface area contributed by atoms with Gasteiger partial charge in [-0.2, -0.15) is 0 Å². The number of nitrogens with one attached hydrogen (secondary N) is 3. The van der Waals surface area contributed by atoms with Crippen LogP contribution < -0.4 is 16.0 Å². The minimum absolute atomic E-state index is 0.0283. The maximum absolute atomic E-state index is 13.4. The van der Waals surface area contributed by atoms with Crippen LogP contribution >= 0.6 is 0 Å². The Morgan fingerprint density at radius 2 is 1.46 bits per heavy atom. The lowest BCUT2D eigenvalue weighted by Crippen LogP contribution is -2.30. The molecule has 0 unspecified atom stereocenters. The van der Waals surface area contributed by atoms with Crippen LogP contribution in [-0.2, 0) is 14.4 Å². The van der Waals surface area contributed by atoms with Gasteiger partial charge >= 0.3 is 0 Å². The lowest BCUT2D eigenvalue weighted by Gasteiger charge is -2.09. The van der Waals surface area contributed by atoms with Crippen molar-refractivity contribution in [2.24, 2.45) is 0 Å². The van der Waals surface area contributed by atoms with Crippen molar-refractivity contribution in [3.63, 3.8) is 0 Å². The Labute approximate surface area is 150 Å². The largest absolute Gasteiger partial charge is 0.355 e. The van der Waals surface area contributed by atoms with Crippen molar-refractivity contribution in [2.45, 2.75) is 19.8 Å². The number of hydrogen-bond acceptors (Lipinski definition) is 3. The predicted octanol–water partition coefficient (Wildman–Crippen LogP) is 2.61. The van der Waals surface area contributed by atoms with Crippen molar-refractivity contribution in [3.05, 3.63) is 59.9 Å². The van der Waals surface area contributed by atoms with E-state index in [0.29, 0.717) is 5.69 Å². The standard InChI is InChI=1S/C19H20FN3O3/c1-13-6-2-4-8-15(13)22-19(26)12-18(25)21-11-10-17(24)23-16-9-5-3-7-14(16)20/h2-9H,10-12H2,1H3,(H,21,25)(H,22,26)(H,23,24). The summed E-state index contributed by atoms with van der Waals surface area (Å²) in [6.07, 6.45) is -0.372. The third-order valence-electron chi connectivity index (χ3n) is 3.56. The Morgan fingerprint density at radius 3 is 2.15 bits per heavy atom. The fraction of sp³-hybridized carbons (Fsp3) is 0.211. The summed E-state index contributed by atoms with van der Waals surface area (Å²) in [5.41, 5.74) is 1.63. The molecule has 0 aliphatic heterocycles. The number of aryl methyl sites for hydroxylation is 1. The molecule has 7 heteroatoms. The van der Waals surface area contributed by atoms with E-state index in [4.69, 9.17) is 0 Å². The molecule has 3 N–H and O–H groups in total. The Bertz CT molecular complexity index is 808. The number of para-hydroxylation sites is 2. The molecule has 0 radical (unpaired) electrons. The van der Waals surface area contributed by atoms with E-state index in [1.165, 1.54) is 18.2 Å². The van der Waals surface area contributed by atoms with Crippen molar-refractivity contribution in [2.75, 3.05) is 17.2 Å². The van der Waals surface area contributed by atoms with E-state index in [9.17, 15) is 18.8 Å². The smallest absolute Gasteiger partial charge is 0.233 e. The van der Waals surface area contributed by atoms with Crippen LogP contribution in [0.15, 0.2) is 48.5 Å². The molecule has 6 nitrogen and oxygen atoms in total. The zero-order valence-electron chi connectivity index (χ0n) is 14.3. The molecule has 0 fully saturated rings. The number of amides is 3. The van der Waals surface area contributed by atoms with E-state index in [0.717, 1.165) is 5.56 Å². The van der Waals surface area contributed by atoms with Crippen molar-refractivity contribution < 1.29 is 18.8 Å². The summed E-state index contributed by atoms with van der Waals surface area (Å²) < 4.78 is 13.4. The summed E-state index contributed by atoms with van der Waals surface area (Å²) in [5, 5.41) is 7.57. The average molecular weight is 357 g/mol. The topological polar surface area (TPSA) is 87.3 Å². The summed E-state index contributed by atoms with van der Waals surface area (Å²) in [6, 6.07) is 13.1. The predicted molar refractivity (Wildman–Crippen MR) is 97.1 cm³/mol. The van der Waals surface area contributed by atoms with Crippen LogP contribution in [0.4, 0.5) is 15.8 Å². The Kier molecular flexibility index (Phi) is 6.84. The first-order valence-corrected chi connectivity index (χ1v) is 8.12. The first-order chi connectivity index (χ1) is 12.5. The summed E-state index contributed by atoms with van der Waals surface area (Å²) in [4.78, 5) is 35.4. The van der Waals surface area contributed by atoms with Crippen LogP contribution in [0.5, 0.6) is 0 Å². The van der Waals surface area contributed by atoms with Crippen LogP contribution in [0.25, 0.3) is 0 Å². The molecule has 0 saturated heterocycles. The van der Waals surface area contributed by atoms with Crippen molar-refractivity contribution in [1.82, 2.24) is 5.32 Å². The lowest BCUT2D eigenvalue weighted by molar-refractivity contribution is -0.126. The molecule has 0 spiro atoms. The number of carbonyl (C=O) groups excluding carboxylic acids is 3. The highest BCUT2D eigenvalue weighted by Gasteiger charge is 2.11. The third kappa shape index (κ3) is 6.01. The molecule has 26 heavy (non-hydrogen) atoms. The van der Waals surface area contributed by atoms with Gasteiger partial charge in [-0.05, 0) is 30.7 Å². The number of carbonyl (C=O) groups is 3. The summed E-state index contributed by atoms with van der Waals surface area (Å²) >= 11 is 0. The second-order valence-corrected chi connectivity index (χ2v) is 5.67. The van der Waals surface area contributed by atoms with Gasteiger partial charge in [0.05, 0.1) is 5.69 Å². The first kappa shape index (κ1) is 19.1. The van der Waals surface area contributed by atoms with Gasteiger partial charge in [0.1, 0.15) is 12.2 Å². The van der Waals surface area contributed by atoms with E-state index >= 15 is 0 Å². The molecule has 0 heterocycles. The molecule has 0 bridgehead atoms. The van der Waals surface area contributed by atoms with Crippen LogP contribution in [0.2, 0.25) is 0 Å². The van der Waals surface area contributed by atoms with E-state index in [-0.39, 0.29) is 25.1 Å². The van der Waals surface area contributed by atoms with Gasteiger partial charge in [-0.3, -0.25) is 14.4 Å². The highest BCUT2D eigenvalue weighted by Crippen LogP contribution is 2.13. The third-order valence-corrected chi connectivity index (χ3v) is 3.56. The van der Waals surface area contributed by atoms with Crippen LogP contribution in [0.1, 0.15) is 18.4 Å². The van der Waals surface area contributed by atoms with Gasteiger partial charge in [0.25, 0.3) is 0 Å². The van der Waals surface area contributed by atoms with Gasteiger partial charge < -0.3 is 16.0 Å². The number of rotatable bonds is 7.